The van der Waals surface area contributed by atoms with Gasteiger partial charge < -0.3 is 16.2 Å². The molecule has 2 aromatic carbocycles. The lowest BCUT2D eigenvalue weighted by atomic mass is 9.97. The highest BCUT2D eigenvalue weighted by atomic mass is 16.4. The van der Waals surface area contributed by atoms with E-state index in [0.717, 1.165) is 29.5 Å². The van der Waals surface area contributed by atoms with Gasteiger partial charge in [0.15, 0.2) is 6.04 Å². The molecule has 126 valence electrons. The van der Waals surface area contributed by atoms with Crippen molar-refractivity contribution < 1.29 is 9.90 Å². The van der Waals surface area contributed by atoms with Crippen LogP contribution in [0.1, 0.15) is 42.1 Å². The normalized spacial score (nSPS) is 11.8. The average Bonchev–Trinajstić information content (AvgIpc) is 2.59. The lowest BCUT2D eigenvalue weighted by Crippen LogP contribution is -2.21. The zero-order chi connectivity index (χ0) is 17.7. The van der Waals surface area contributed by atoms with Gasteiger partial charge in [-0.3, -0.25) is 5.41 Å². The third-order valence-electron chi connectivity index (χ3n) is 3.98. The minimum Gasteiger partial charge on any atom is -0.479 e. The summed E-state index contributed by atoms with van der Waals surface area (Å²) in [4.78, 5) is 11.8. The van der Waals surface area contributed by atoms with Crippen LogP contribution in [0.25, 0.3) is 0 Å². The molecule has 0 saturated carbocycles. The topological polar surface area (TPSA) is 99.2 Å². The van der Waals surface area contributed by atoms with Crippen LogP contribution in [0.15, 0.2) is 42.5 Å². The summed E-state index contributed by atoms with van der Waals surface area (Å²) in [7, 11) is 0. The number of hydrogen-bond acceptors (Lipinski definition) is 3. The molecule has 2 rings (SSSR count). The van der Waals surface area contributed by atoms with Crippen molar-refractivity contribution in [2.45, 2.75) is 32.7 Å². The second-order valence-corrected chi connectivity index (χ2v) is 5.70. The van der Waals surface area contributed by atoms with E-state index in [1.54, 1.807) is 24.3 Å². The standard InChI is InChI=1S/C19H23N3O2/c1-3-12-9-13(4-2)11-15(10-12)17(19(23)24)22-16-7-5-14(6-8-16)18(20)21/h5-11,17,22H,3-4H2,1-2H3,(H3,20,21)(H,23,24). The van der Waals surface area contributed by atoms with E-state index in [2.05, 4.69) is 25.2 Å². The smallest absolute Gasteiger partial charge is 0.330 e. The predicted molar refractivity (Wildman–Crippen MR) is 96.7 cm³/mol. The van der Waals surface area contributed by atoms with Crippen molar-refractivity contribution in [3.05, 3.63) is 64.7 Å². The summed E-state index contributed by atoms with van der Waals surface area (Å²) in [5, 5.41) is 20.1. The van der Waals surface area contributed by atoms with Gasteiger partial charge in [0.25, 0.3) is 0 Å². The Kier molecular flexibility index (Phi) is 5.58. The highest BCUT2D eigenvalue weighted by Gasteiger charge is 2.20. The van der Waals surface area contributed by atoms with Crippen molar-refractivity contribution in [3.8, 4) is 0 Å². The quantitative estimate of drug-likeness (QED) is 0.463. The van der Waals surface area contributed by atoms with E-state index in [4.69, 9.17) is 11.1 Å². The summed E-state index contributed by atoms with van der Waals surface area (Å²) in [6, 6.07) is 12.0. The monoisotopic (exact) mass is 325 g/mol. The number of nitrogen functional groups attached to an aromatic ring is 1. The second-order valence-electron chi connectivity index (χ2n) is 5.70. The molecule has 0 aliphatic rings. The molecule has 0 saturated heterocycles. The van der Waals surface area contributed by atoms with Gasteiger partial charge in [-0.25, -0.2) is 4.79 Å². The Morgan fingerprint density at radius 1 is 1.12 bits per heavy atom. The Morgan fingerprint density at radius 3 is 2.08 bits per heavy atom. The number of carboxylic acid groups (broad SMARTS) is 1. The van der Waals surface area contributed by atoms with Crippen molar-refractivity contribution >= 4 is 17.5 Å². The predicted octanol–water partition coefficient (Wildman–Crippen LogP) is 3.33. The minimum absolute atomic E-state index is 0.0143. The number of hydrogen-bond donors (Lipinski definition) is 4. The number of benzene rings is 2. The molecule has 0 aliphatic heterocycles. The van der Waals surface area contributed by atoms with Crippen LogP contribution in [0.3, 0.4) is 0 Å². The summed E-state index contributed by atoms with van der Waals surface area (Å²) in [5.74, 6) is -0.944. The number of aliphatic carboxylic acids is 1. The molecule has 0 spiro atoms. The molecule has 5 heteroatoms. The fraction of sp³-hybridized carbons (Fsp3) is 0.263. The first-order chi connectivity index (χ1) is 11.4. The highest BCUT2D eigenvalue weighted by Crippen LogP contribution is 2.23. The van der Waals surface area contributed by atoms with Crippen molar-refractivity contribution in [3.63, 3.8) is 0 Å². The molecule has 1 unspecified atom stereocenters. The first-order valence-electron chi connectivity index (χ1n) is 8.01. The van der Waals surface area contributed by atoms with Crippen LogP contribution in [-0.2, 0) is 17.6 Å². The first-order valence-corrected chi connectivity index (χ1v) is 8.01. The SMILES string of the molecule is CCc1cc(CC)cc(C(Nc2ccc(C(=N)N)cc2)C(=O)O)c1. The first kappa shape index (κ1) is 17.5. The summed E-state index contributed by atoms with van der Waals surface area (Å²) in [6.45, 7) is 4.12. The Balaban J connectivity index is 2.32. The second kappa shape index (κ2) is 7.64. The molecule has 1 atom stereocenters. The Hall–Kier alpha value is -2.82. The van der Waals surface area contributed by atoms with Gasteiger partial charge in [0.1, 0.15) is 5.84 Å². The van der Waals surface area contributed by atoms with Crippen LogP contribution >= 0.6 is 0 Å². The Labute approximate surface area is 142 Å². The van der Waals surface area contributed by atoms with Crippen molar-refractivity contribution in [2.24, 2.45) is 5.73 Å². The number of carbonyl (C=O) groups is 1. The summed E-state index contributed by atoms with van der Waals surface area (Å²) in [5.41, 5.74) is 9.72. The summed E-state index contributed by atoms with van der Waals surface area (Å²) >= 11 is 0. The van der Waals surface area contributed by atoms with Crippen LogP contribution < -0.4 is 11.1 Å². The number of carboxylic acids is 1. The van der Waals surface area contributed by atoms with Gasteiger partial charge in [-0.05, 0) is 53.8 Å². The number of nitrogens with one attached hydrogen (secondary N) is 2. The van der Waals surface area contributed by atoms with E-state index in [9.17, 15) is 9.90 Å². The van der Waals surface area contributed by atoms with Crippen molar-refractivity contribution in [1.82, 2.24) is 0 Å². The molecule has 0 heterocycles. The van der Waals surface area contributed by atoms with Gasteiger partial charge >= 0.3 is 5.97 Å². The molecule has 0 amide bonds. The highest BCUT2D eigenvalue weighted by molar-refractivity contribution is 5.95. The summed E-state index contributed by atoms with van der Waals surface area (Å²) < 4.78 is 0. The minimum atomic E-state index is -0.930. The van der Waals surface area contributed by atoms with Crippen LogP contribution in [0, 0.1) is 5.41 Å². The maximum Gasteiger partial charge on any atom is 0.330 e. The third-order valence-corrected chi connectivity index (χ3v) is 3.98. The van der Waals surface area contributed by atoms with Gasteiger partial charge in [0.05, 0.1) is 0 Å². The molecule has 0 aliphatic carbocycles. The maximum absolute atomic E-state index is 11.8. The van der Waals surface area contributed by atoms with Crippen LogP contribution in [0.2, 0.25) is 0 Å². The van der Waals surface area contributed by atoms with Gasteiger partial charge in [-0.1, -0.05) is 32.0 Å². The molecule has 0 bridgehead atoms. The fourth-order valence-electron chi connectivity index (χ4n) is 2.57. The Morgan fingerprint density at radius 2 is 1.67 bits per heavy atom. The van der Waals surface area contributed by atoms with Crippen molar-refractivity contribution in [2.75, 3.05) is 5.32 Å². The Bertz CT molecular complexity index is 717. The number of nitrogens with two attached hydrogens (primary N) is 1. The lowest BCUT2D eigenvalue weighted by Gasteiger charge is -2.18. The number of amidine groups is 1. The van der Waals surface area contributed by atoms with Gasteiger partial charge in [-0.15, -0.1) is 0 Å². The van der Waals surface area contributed by atoms with E-state index in [0.29, 0.717) is 11.3 Å². The van der Waals surface area contributed by atoms with Crippen LogP contribution in [0.5, 0.6) is 0 Å². The van der Waals surface area contributed by atoms with E-state index in [1.807, 2.05) is 12.1 Å². The molecule has 5 nitrogen and oxygen atoms in total. The molecule has 2 aromatic rings. The number of anilines is 1. The zero-order valence-corrected chi connectivity index (χ0v) is 14.0. The molecule has 5 N–H and O–H groups in total. The zero-order valence-electron chi connectivity index (χ0n) is 14.0. The fourth-order valence-corrected chi connectivity index (χ4v) is 2.57. The molecular weight excluding hydrogens is 302 g/mol. The molecular formula is C19H23N3O2. The van der Waals surface area contributed by atoms with Crippen molar-refractivity contribution in [1.29, 1.82) is 5.41 Å². The van der Waals surface area contributed by atoms with E-state index < -0.39 is 12.0 Å². The van der Waals surface area contributed by atoms with Crippen LogP contribution in [0.4, 0.5) is 5.69 Å². The molecule has 24 heavy (non-hydrogen) atoms. The van der Waals surface area contributed by atoms with Gasteiger partial charge in [0.2, 0.25) is 0 Å². The third kappa shape index (κ3) is 4.13. The van der Waals surface area contributed by atoms with Gasteiger partial charge in [0, 0.05) is 11.3 Å². The molecule has 0 aromatic heterocycles. The van der Waals surface area contributed by atoms with Crippen LogP contribution in [-0.4, -0.2) is 16.9 Å². The summed E-state index contributed by atoms with van der Waals surface area (Å²) in [6.07, 6.45) is 1.72. The van der Waals surface area contributed by atoms with E-state index >= 15 is 0 Å². The van der Waals surface area contributed by atoms with Gasteiger partial charge in [-0.2, -0.15) is 0 Å². The largest absolute Gasteiger partial charge is 0.479 e. The molecule has 0 fully saturated rings. The average molecular weight is 325 g/mol. The maximum atomic E-state index is 11.8. The lowest BCUT2D eigenvalue weighted by molar-refractivity contribution is -0.138. The molecule has 0 radical (unpaired) electrons. The van der Waals surface area contributed by atoms with E-state index in [-0.39, 0.29) is 5.84 Å². The number of aryl methyl sites for hydroxylation is 2. The number of rotatable bonds is 7. The van der Waals surface area contributed by atoms with E-state index in [1.165, 1.54) is 0 Å².